The van der Waals surface area contributed by atoms with Crippen LogP contribution in [0.1, 0.15) is 0 Å². The molecule has 13 heavy (non-hydrogen) atoms. The molecule has 4 nitrogen and oxygen atoms in total. The molecule has 0 aromatic heterocycles. The van der Waals surface area contributed by atoms with E-state index in [0.29, 0.717) is 0 Å². The van der Waals surface area contributed by atoms with E-state index in [1.54, 1.807) is 7.05 Å². The minimum absolute atomic E-state index is 0. The van der Waals surface area contributed by atoms with Crippen molar-refractivity contribution >= 4 is 64.3 Å². The molecule has 0 radical (unpaired) electrons. The van der Waals surface area contributed by atoms with Crippen molar-refractivity contribution in [2.75, 3.05) is 27.0 Å². The van der Waals surface area contributed by atoms with Crippen LogP contribution in [0.25, 0.3) is 0 Å². The van der Waals surface area contributed by atoms with Crippen LogP contribution >= 0.6 is 17.1 Å². The molecule has 0 saturated heterocycles. The number of amides is 1. The molecule has 0 bridgehead atoms. The molecule has 0 spiro atoms. The molecule has 0 aliphatic carbocycles. The van der Waals surface area contributed by atoms with Gasteiger partial charge in [-0.15, -0.1) is 0 Å². The van der Waals surface area contributed by atoms with E-state index in [1.807, 2.05) is 0 Å². The summed E-state index contributed by atoms with van der Waals surface area (Å²) in [5.41, 5.74) is -2.26. The molecule has 74 valence electrons. The number of nitrogens with one attached hydrogen (secondary N) is 1. The van der Waals surface area contributed by atoms with Crippen LogP contribution < -0.4 is 5.32 Å². The first-order valence-electron chi connectivity index (χ1n) is 3.14. The van der Waals surface area contributed by atoms with Crippen molar-refractivity contribution < 1.29 is 13.8 Å². The number of hydrogen-bond donors (Lipinski definition) is 1. The van der Waals surface area contributed by atoms with Crippen molar-refractivity contribution in [1.82, 2.24) is 5.32 Å². The zero-order valence-electron chi connectivity index (χ0n) is 7.20. The molecule has 0 unspecified atom stereocenters. The Morgan fingerprint density at radius 1 is 1.54 bits per heavy atom. The molecular weight excluding hydrogens is 240 g/mol. The monoisotopic (exact) mass is 253 g/mol. The van der Waals surface area contributed by atoms with Crippen LogP contribution in [-0.2, 0) is 25.6 Å². The van der Waals surface area contributed by atoms with E-state index in [4.69, 9.17) is 20.9 Å². The van der Waals surface area contributed by atoms with Crippen molar-refractivity contribution in [1.29, 1.82) is 0 Å². The van der Waals surface area contributed by atoms with Crippen LogP contribution in [0.3, 0.4) is 0 Å². The summed E-state index contributed by atoms with van der Waals surface area (Å²) in [5.74, 6) is 0.193. The van der Waals surface area contributed by atoms with Crippen molar-refractivity contribution in [2.45, 2.75) is 0 Å². The zero-order valence-corrected chi connectivity index (χ0v) is 9.72. The second-order valence-electron chi connectivity index (χ2n) is 1.76. The third-order valence-electron chi connectivity index (χ3n) is 1.08. The Bertz CT molecular complexity index is 196. The molecule has 0 aliphatic heterocycles. The second-order valence-corrected chi connectivity index (χ2v) is 8.28. The van der Waals surface area contributed by atoms with Gasteiger partial charge < -0.3 is 14.4 Å². The fourth-order valence-electron chi connectivity index (χ4n) is 0.390. The van der Waals surface area contributed by atoms with Gasteiger partial charge in [0, 0.05) is 21.3 Å². The molecule has 1 N–H and O–H groups in total. The Morgan fingerprint density at radius 3 is 2.31 bits per heavy atom. The van der Waals surface area contributed by atoms with Gasteiger partial charge in [-0.05, 0) is 11.8 Å². The molecule has 0 aromatic carbocycles. The predicted molar refractivity (Wildman–Crippen MR) is 62.0 cm³/mol. The summed E-state index contributed by atoms with van der Waals surface area (Å²) >= 11 is 6.25. The van der Waals surface area contributed by atoms with Crippen molar-refractivity contribution in [2.24, 2.45) is 0 Å². The average molecular weight is 253 g/mol. The van der Waals surface area contributed by atoms with Crippen molar-refractivity contribution in [3.8, 4) is 0 Å². The molecule has 0 fully saturated rings. The Kier molecular flexibility index (Phi) is 11.2. The number of rotatable bonds is 5. The van der Waals surface area contributed by atoms with Crippen LogP contribution in [0.4, 0.5) is 0 Å². The topological polar surface area (TPSA) is 47.6 Å². The first-order valence-corrected chi connectivity index (χ1v) is 7.37. The van der Waals surface area contributed by atoms with Gasteiger partial charge in [0.1, 0.15) is 0 Å². The summed E-state index contributed by atoms with van der Waals surface area (Å²) in [6.07, 6.45) is 0. The summed E-state index contributed by atoms with van der Waals surface area (Å²) < 4.78 is 9.94. The van der Waals surface area contributed by atoms with E-state index in [-0.39, 0.29) is 41.2 Å². The fourth-order valence-corrected chi connectivity index (χ4v) is 3.10. The molecule has 0 aromatic rings. The van der Waals surface area contributed by atoms with E-state index in [2.05, 4.69) is 5.32 Å². The summed E-state index contributed by atoms with van der Waals surface area (Å²) in [6, 6.07) is 0. The molecule has 0 rings (SSSR count). The van der Waals surface area contributed by atoms with Crippen molar-refractivity contribution in [3.63, 3.8) is 0 Å². The second kappa shape index (κ2) is 8.68. The Balaban J connectivity index is 0. The van der Waals surface area contributed by atoms with Gasteiger partial charge in [-0.1, -0.05) is 11.4 Å². The van der Waals surface area contributed by atoms with E-state index < -0.39 is 5.69 Å². The van der Waals surface area contributed by atoms with E-state index in [9.17, 15) is 4.79 Å². The van der Waals surface area contributed by atoms with Gasteiger partial charge in [-0.25, -0.2) is 0 Å². The minimum atomic E-state index is -2.26. The standard InChI is InChI=1S/C5H12NO3PS2.Na.H/c1-6-5(7)4-12-10(11,8-2)9-3;;/h4H2,1-3H3,(H,6,7);;. The Labute approximate surface area is 110 Å². The van der Waals surface area contributed by atoms with Crippen molar-refractivity contribution in [3.05, 3.63) is 0 Å². The van der Waals surface area contributed by atoms with Crippen LogP contribution in [0.15, 0.2) is 0 Å². The summed E-state index contributed by atoms with van der Waals surface area (Å²) in [6.45, 7) is 0. The average Bonchev–Trinajstić information content (AvgIpc) is 2.13. The maximum absolute atomic E-state index is 10.8. The first-order chi connectivity index (χ1) is 5.58. The quantitative estimate of drug-likeness (QED) is 0.565. The van der Waals surface area contributed by atoms with Gasteiger partial charge >= 0.3 is 29.6 Å². The summed E-state index contributed by atoms with van der Waals surface area (Å²) in [7, 11) is 4.55. The van der Waals surface area contributed by atoms with Gasteiger partial charge in [-0.3, -0.25) is 4.79 Å². The van der Waals surface area contributed by atoms with E-state index >= 15 is 0 Å². The van der Waals surface area contributed by atoms with E-state index in [1.165, 1.54) is 25.6 Å². The van der Waals surface area contributed by atoms with Gasteiger partial charge in [0.25, 0.3) is 0 Å². The predicted octanol–water partition coefficient (Wildman–Crippen LogP) is 0.334. The summed E-state index contributed by atoms with van der Waals surface area (Å²) in [5, 5.41) is 2.49. The Hall–Kier alpha value is 1.39. The van der Waals surface area contributed by atoms with Crippen LogP contribution in [-0.4, -0.2) is 62.5 Å². The fraction of sp³-hybridized carbons (Fsp3) is 0.800. The maximum atomic E-state index is 10.8. The van der Waals surface area contributed by atoms with Crippen LogP contribution in [0.2, 0.25) is 0 Å². The normalized spacial score (nSPS) is 10.4. The SMILES string of the molecule is CNC(=O)CSP(=S)(OC)OC.[NaH]. The third kappa shape index (κ3) is 7.33. The van der Waals surface area contributed by atoms with E-state index in [0.717, 1.165) is 0 Å². The van der Waals surface area contributed by atoms with Crippen LogP contribution in [0, 0.1) is 0 Å². The van der Waals surface area contributed by atoms with Gasteiger partial charge in [0.15, 0.2) is 0 Å². The summed E-state index contributed by atoms with van der Waals surface area (Å²) in [4.78, 5) is 10.8. The first kappa shape index (κ1) is 16.8. The van der Waals surface area contributed by atoms with Crippen LogP contribution in [0.5, 0.6) is 0 Å². The molecule has 0 saturated carbocycles. The molecule has 0 aliphatic rings. The molecule has 1 amide bonds. The number of carbonyl (C=O) groups is 1. The Morgan fingerprint density at radius 2 is 2.00 bits per heavy atom. The molecule has 8 heteroatoms. The van der Waals surface area contributed by atoms with Gasteiger partial charge in [0.05, 0.1) is 5.75 Å². The van der Waals surface area contributed by atoms with Gasteiger partial charge in [0.2, 0.25) is 11.6 Å². The molecule has 0 heterocycles. The third-order valence-corrected chi connectivity index (χ3v) is 6.76. The number of hydrogen-bond acceptors (Lipinski definition) is 5. The van der Waals surface area contributed by atoms with Gasteiger partial charge in [-0.2, -0.15) is 0 Å². The zero-order chi connectivity index (χ0) is 9.61. The number of carbonyl (C=O) groups excluding carboxylic acids is 1. The molecular formula is C5H13NNaO3PS2. The molecule has 0 atom stereocenters.